The molecule has 2 fully saturated rings. The van der Waals surface area contributed by atoms with Crippen molar-refractivity contribution >= 4 is 29.1 Å². The van der Waals surface area contributed by atoms with E-state index in [9.17, 15) is 14.4 Å². The lowest BCUT2D eigenvalue weighted by molar-refractivity contribution is -0.155. The highest BCUT2D eigenvalue weighted by Gasteiger charge is 2.31. The third-order valence-corrected chi connectivity index (χ3v) is 5.22. The fraction of sp³-hybridized carbons (Fsp3) is 0.625. The summed E-state index contributed by atoms with van der Waals surface area (Å²) in [7, 11) is 0. The number of ether oxygens (including phenoxy) is 1. The van der Waals surface area contributed by atoms with E-state index in [2.05, 4.69) is 4.98 Å². The van der Waals surface area contributed by atoms with Gasteiger partial charge in [-0.05, 0) is 6.92 Å². The lowest BCUT2D eigenvalue weighted by atomic mass is 10.2. The van der Waals surface area contributed by atoms with Crippen LogP contribution in [0.5, 0.6) is 0 Å². The van der Waals surface area contributed by atoms with E-state index in [1.165, 1.54) is 21.1 Å². The van der Waals surface area contributed by atoms with Crippen molar-refractivity contribution in [2.75, 3.05) is 52.5 Å². The Bertz CT molecular complexity index is 648. The van der Waals surface area contributed by atoms with Gasteiger partial charge in [0.25, 0.3) is 0 Å². The molecule has 3 amide bonds. The molecule has 0 saturated carbocycles. The largest absolute Gasteiger partial charge is 0.378 e. The molecule has 2 aliphatic rings. The number of carbonyl (C=O) groups excluding carboxylic acids is 3. The molecule has 136 valence electrons. The number of hydrogen-bond donors (Lipinski definition) is 0. The van der Waals surface area contributed by atoms with Gasteiger partial charge in [0.05, 0.1) is 30.3 Å². The smallest absolute Gasteiger partial charge is 0.312 e. The molecule has 0 aromatic carbocycles. The summed E-state index contributed by atoms with van der Waals surface area (Å²) >= 11 is 1.53. The molecule has 0 N–H and O–H groups in total. The summed E-state index contributed by atoms with van der Waals surface area (Å²) in [4.78, 5) is 46.0. The summed E-state index contributed by atoms with van der Waals surface area (Å²) in [5.41, 5.74) is 0.786. The Morgan fingerprint density at radius 3 is 2.12 bits per heavy atom. The van der Waals surface area contributed by atoms with E-state index in [-0.39, 0.29) is 12.3 Å². The first-order chi connectivity index (χ1) is 12.0. The Hall–Kier alpha value is -2.00. The van der Waals surface area contributed by atoms with Gasteiger partial charge >= 0.3 is 11.8 Å². The predicted octanol–water partition coefficient (Wildman–Crippen LogP) is -0.476. The number of nitrogens with zero attached hydrogens (tertiary/aromatic N) is 4. The highest BCUT2D eigenvalue weighted by molar-refractivity contribution is 7.09. The lowest BCUT2D eigenvalue weighted by Crippen LogP contribution is -2.55. The van der Waals surface area contributed by atoms with Gasteiger partial charge < -0.3 is 19.4 Å². The second-order valence-electron chi connectivity index (χ2n) is 6.11. The zero-order valence-corrected chi connectivity index (χ0v) is 15.1. The van der Waals surface area contributed by atoms with Crippen LogP contribution in [0.15, 0.2) is 5.38 Å². The van der Waals surface area contributed by atoms with Gasteiger partial charge in [-0.2, -0.15) is 0 Å². The molecular weight excluding hydrogens is 344 g/mol. The average molecular weight is 366 g/mol. The standard InChI is InChI=1S/C16H22N4O4S/c1-12-17-13(11-25-12)10-14(21)18-2-4-19(5-3-18)15(22)16(23)20-6-8-24-9-7-20/h11H,2-10H2,1H3. The van der Waals surface area contributed by atoms with E-state index < -0.39 is 11.8 Å². The zero-order chi connectivity index (χ0) is 17.8. The fourth-order valence-corrected chi connectivity index (χ4v) is 3.56. The monoisotopic (exact) mass is 366 g/mol. The highest BCUT2D eigenvalue weighted by Crippen LogP contribution is 2.11. The third kappa shape index (κ3) is 4.35. The van der Waals surface area contributed by atoms with Crippen LogP contribution < -0.4 is 0 Å². The number of aryl methyl sites for hydroxylation is 1. The number of rotatable bonds is 2. The van der Waals surface area contributed by atoms with Crippen molar-refractivity contribution in [1.82, 2.24) is 19.7 Å². The van der Waals surface area contributed by atoms with Gasteiger partial charge in [-0.25, -0.2) is 4.98 Å². The van der Waals surface area contributed by atoms with Crippen molar-refractivity contribution in [3.63, 3.8) is 0 Å². The summed E-state index contributed by atoms with van der Waals surface area (Å²) in [6, 6.07) is 0. The van der Waals surface area contributed by atoms with Crippen LogP contribution in [0.1, 0.15) is 10.7 Å². The molecule has 3 rings (SSSR count). The van der Waals surface area contributed by atoms with Crippen LogP contribution in [0.4, 0.5) is 0 Å². The summed E-state index contributed by atoms with van der Waals surface area (Å²) in [6.07, 6.45) is 0.283. The molecule has 2 aliphatic heterocycles. The number of thiazole rings is 1. The number of morpholine rings is 1. The first-order valence-corrected chi connectivity index (χ1v) is 9.27. The van der Waals surface area contributed by atoms with Crippen molar-refractivity contribution in [3.8, 4) is 0 Å². The van der Waals surface area contributed by atoms with Gasteiger partial charge in [0, 0.05) is 44.6 Å². The molecule has 3 heterocycles. The van der Waals surface area contributed by atoms with Crippen LogP contribution in [0.2, 0.25) is 0 Å². The molecule has 1 aromatic heterocycles. The number of aromatic nitrogens is 1. The van der Waals surface area contributed by atoms with Crippen molar-refractivity contribution in [2.24, 2.45) is 0 Å². The Morgan fingerprint density at radius 1 is 1.00 bits per heavy atom. The number of piperazine rings is 1. The molecule has 2 saturated heterocycles. The van der Waals surface area contributed by atoms with E-state index >= 15 is 0 Å². The maximum Gasteiger partial charge on any atom is 0.312 e. The Kier molecular flexibility index (Phi) is 5.64. The maximum atomic E-state index is 12.3. The van der Waals surface area contributed by atoms with Crippen LogP contribution in [-0.4, -0.2) is 89.9 Å². The van der Waals surface area contributed by atoms with E-state index in [4.69, 9.17) is 4.74 Å². The Labute approximate surface area is 150 Å². The second-order valence-corrected chi connectivity index (χ2v) is 7.17. The molecule has 8 nitrogen and oxygen atoms in total. The molecule has 1 aromatic rings. The van der Waals surface area contributed by atoms with Crippen molar-refractivity contribution < 1.29 is 19.1 Å². The molecule has 0 radical (unpaired) electrons. The normalized spacial score (nSPS) is 18.4. The summed E-state index contributed by atoms with van der Waals surface area (Å²) < 4.78 is 5.20. The van der Waals surface area contributed by atoms with Crippen molar-refractivity contribution in [2.45, 2.75) is 13.3 Å². The van der Waals surface area contributed by atoms with E-state index in [1.54, 1.807) is 4.90 Å². The molecule has 0 aliphatic carbocycles. The van der Waals surface area contributed by atoms with Gasteiger partial charge in [0.1, 0.15) is 0 Å². The molecule has 25 heavy (non-hydrogen) atoms. The zero-order valence-electron chi connectivity index (χ0n) is 14.3. The van der Waals surface area contributed by atoms with Crippen LogP contribution in [0.3, 0.4) is 0 Å². The predicted molar refractivity (Wildman–Crippen MR) is 91.1 cm³/mol. The Morgan fingerprint density at radius 2 is 1.56 bits per heavy atom. The quantitative estimate of drug-likeness (QED) is 0.661. The SMILES string of the molecule is Cc1nc(CC(=O)N2CCN(C(=O)C(=O)N3CCOCC3)CC2)cs1. The van der Waals surface area contributed by atoms with Gasteiger partial charge in [-0.3, -0.25) is 14.4 Å². The van der Waals surface area contributed by atoms with Crippen molar-refractivity contribution in [1.29, 1.82) is 0 Å². The van der Waals surface area contributed by atoms with Crippen LogP contribution in [0, 0.1) is 6.92 Å². The first-order valence-electron chi connectivity index (χ1n) is 8.39. The average Bonchev–Trinajstić information content (AvgIpc) is 3.06. The van der Waals surface area contributed by atoms with E-state index in [0.29, 0.717) is 52.5 Å². The summed E-state index contributed by atoms with van der Waals surface area (Å²) in [5.74, 6) is -0.943. The first kappa shape index (κ1) is 17.8. The maximum absolute atomic E-state index is 12.3. The van der Waals surface area contributed by atoms with Gasteiger partial charge in [0.15, 0.2) is 0 Å². The number of amides is 3. The number of carbonyl (C=O) groups is 3. The van der Waals surface area contributed by atoms with E-state index in [0.717, 1.165) is 10.7 Å². The Balaban J connectivity index is 1.48. The second kappa shape index (κ2) is 7.92. The molecule has 0 spiro atoms. The van der Waals surface area contributed by atoms with Crippen LogP contribution in [0.25, 0.3) is 0 Å². The summed E-state index contributed by atoms with van der Waals surface area (Å²) in [6.45, 7) is 5.43. The molecule has 9 heteroatoms. The molecular formula is C16H22N4O4S. The third-order valence-electron chi connectivity index (χ3n) is 4.40. The van der Waals surface area contributed by atoms with Crippen molar-refractivity contribution in [3.05, 3.63) is 16.1 Å². The topological polar surface area (TPSA) is 83.1 Å². The minimum absolute atomic E-state index is 0.0110. The number of hydrogen-bond acceptors (Lipinski definition) is 6. The highest BCUT2D eigenvalue weighted by atomic mass is 32.1. The lowest BCUT2D eigenvalue weighted by Gasteiger charge is -2.35. The fourth-order valence-electron chi connectivity index (χ4n) is 2.95. The minimum atomic E-state index is -0.482. The van der Waals surface area contributed by atoms with Gasteiger partial charge in [-0.15, -0.1) is 11.3 Å². The molecule has 0 bridgehead atoms. The van der Waals surface area contributed by atoms with E-state index in [1.807, 2.05) is 12.3 Å². The van der Waals surface area contributed by atoms with Crippen LogP contribution >= 0.6 is 11.3 Å². The molecule has 0 atom stereocenters. The minimum Gasteiger partial charge on any atom is -0.378 e. The van der Waals surface area contributed by atoms with Gasteiger partial charge in [0.2, 0.25) is 5.91 Å². The molecule has 0 unspecified atom stereocenters. The summed E-state index contributed by atoms with van der Waals surface area (Å²) in [5, 5.41) is 2.84. The van der Waals surface area contributed by atoms with Crippen LogP contribution in [-0.2, 0) is 25.5 Å². The van der Waals surface area contributed by atoms with Gasteiger partial charge in [-0.1, -0.05) is 0 Å².